The molecule has 2 bridgehead atoms. The maximum Gasteiger partial charge on any atom is 0.315 e. The second-order valence-electron chi connectivity index (χ2n) is 8.34. The zero-order valence-corrected chi connectivity index (χ0v) is 16.5. The molecule has 1 heterocycles. The van der Waals surface area contributed by atoms with Crippen molar-refractivity contribution < 1.29 is 22.8 Å². The quantitative estimate of drug-likeness (QED) is 0.771. The van der Waals surface area contributed by atoms with Crippen LogP contribution in [0.15, 0.2) is 18.2 Å². The number of hydrogen-bond donors (Lipinski definition) is 2. The number of hydrogen-bond acceptors (Lipinski definition) is 2. The lowest BCUT2D eigenvalue weighted by Gasteiger charge is -2.45. The van der Waals surface area contributed by atoms with Crippen LogP contribution in [0.5, 0.6) is 0 Å². The largest absolute Gasteiger partial charge is 0.353 e. The van der Waals surface area contributed by atoms with Crippen molar-refractivity contribution in [1.29, 1.82) is 0 Å². The van der Waals surface area contributed by atoms with Crippen LogP contribution in [0, 0.1) is 23.6 Å². The van der Waals surface area contributed by atoms with E-state index in [0.29, 0.717) is 18.4 Å². The summed E-state index contributed by atoms with van der Waals surface area (Å²) in [6.45, 7) is 0.496. The Hall–Kier alpha value is -1.96. The molecule has 0 spiro atoms. The van der Waals surface area contributed by atoms with Gasteiger partial charge in [-0.1, -0.05) is 17.7 Å². The molecule has 29 heavy (non-hydrogen) atoms. The van der Waals surface area contributed by atoms with Crippen LogP contribution < -0.4 is 11.1 Å². The van der Waals surface area contributed by atoms with Crippen LogP contribution in [0.25, 0.3) is 0 Å². The highest BCUT2D eigenvalue weighted by Gasteiger charge is 2.58. The van der Waals surface area contributed by atoms with Crippen molar-refractivity contribution >= 4 is 23.5 Å². The van der Waals surface area contributed by atoms with E-state index < -0.39 is 41.6 Å². The molecule has 2 saturated carbocycles. The van der Waals surface area contributed by atoms with Crippen molar-refractivity contribution in [1.82, 2.24) is 10.2 Å². The Balaban J connectivity index is 1.76. The van der Waals surface area contributed by atoms with Crippen molar-refractivity contribution in [2.45, 2.75) is 43.6 Å². The fourth-order valence-electron chi connectivity index (χ4n) is 5.51. The van der Waals surface area contributed by atoms with Crippen LogP contribution in [0.1, 0.15) is 37.2 Å². The van der Waals surface area contributed by atoms with Crippen molar-refractivity contribution in [3.05, 3.63) is 34.6 Å². The first-order valence-electron chi connectivity index (χ1n) is 9.86. The SMILES string of the molecule is NC(=O)N1CCNC(=O)C1[C@@H](c1ccc(F)c(Cl)c1)C1CC2CCC(C1)C2(F)F. The minimum Gasteiger partial charge on any atom is -0.353 e. The predicted octanol–water partition coefficient (Wildman–Crippen LogP) is 3.51. The molecule has 1 aromatic rings. The van der Waals surface area contributed by atoms with Crippen LogP contribution in [0.2, 0.25) is 5.02 Å². The number of amides is 3. The number of fused-ring (bicyclic) bond motifs is 2. The molecule has 3 amide bonds. The van der Waals surface area contributed by atoms with E-state index in [1.165, 1.54) is 23.1 Å². The summed E-state index contributed by atoms with van der Waals surface area (Å²) in [4.78, 5) is 26.2. The van der Waals surface area contributed by atoms with Gasteiger partial charge in [0.25, 0.3) is 5.92 Å². The molecule has 3 unspecified atom stereocenters. The summed E-state index contributed by atoms with van der Waals surface area (Å²) in [6.07, 6.45) is 1.36. The Morgan fingerprint density at radius 2 is 1.93 bits per heavy atom. The number of carbonyl (C=O) groups excluding carboxylic acids is 2. The lowest BCUT2D eigenvalue weighted by atomic mass is 9.68. The van der Waals surface area contributed by atoms with Crippen LogP contribution in [-0.4, -0.2) is 41.9 Å². The van der Waals surface area contributed by atoms with Gasteiger partial charge in [-0.25, -0.2) is 18.0 Å². The summed E-state index contributed by atoms with van der Waals surface area (Å²) in [5.74, 6) is -6.07. The fourth-order valence-corrected chi connectivity index (χ4v) is 5.70. The molecule has 3 aliphatic rings. The highest BCUT2D eigenvalue weighted by molar-refractivity contribution is 6.30. The molecule has 158 valence electrons. The number of urea groups is 1. The van der Waals surface area contributed by atoms with Gasteiger partial charge in [-0.3, -0.25) is 4.79 Å². The number of rotatable bonds is 3. The number of piperazine rings is 1. The van der Waals surface area contributed by atoms with E-state index in [1.54, 1.807) is 0 Å². The molecule has 5 nitrogen and oxygen atoms in total. The van der Waals surface area contributed by atoms with Crippen LogP contribution in [0.4, 0.5) is 18.0 Å². The molecule has 1 aromatic carbocycles. The molecule has 1 saturated heterocycles. The Kier molecular flexibility index (Phi) is 5.17. The van der Waals surface area contributed by atoms with Crippen molar-refractivity contribution in [3.8, 4) is 0 Å². The third-order valence-electron chi connectivity index (χ3n) is 6.84. The predicted molar refractivity (Wildman–Crippen MR) is 101 cm³/mol. The van der Waals surface area contributed by atoms with E-state index in [2.05, 4.69) is 5.32 Å². The van der Waals surface area contributed by atoms with Gasteiger partial charge < -0.3 is 16.0 Å². The summed E-state index contributed by atoms with van der Waals surface area (Å²) in [6, 6.07) is 2.45. The average Bonchev–Trinajstić information content (AvgIpc) is 2.84. The number of primary amides is 1. The summed E-state index contributed by atoms with van der Waals surface area (Å²) < 4.78 is 42.8. The van der Waals surface area contributed by atoms with Gasteiger partial charge in [-0.15, -0.1) is 0 Å². The van der Waals surface area contributed by atoms with E-state index in [0.717, 1.165) is 0 Å². The lowest BCUT2D eigenvalue weighted by Crippen LogP contribution is -2.61. The molecular formula is C20H23ClF3N3O2. The zero-order valence-electron chi connectivity index (χ0n) is 15.7. The first kappa shape index (κ1) is 20.3. The highest BCUT2D eigenvalue weighted by atomic mass is 35.5. The van der Waals surface area contributed by atoms with Gasteiger partial charge in [0, 0.05) is 30.8 Å². The molecule has 4 atom stereocenters. The molecule has 4 rings (SSSR count). The molecule has 3 fully saturated rings. The first-order valence-corrected chi connectivity index (χ1v) is 10.2. The Morgan fingerprint density at radius 3 is 2.52 bits per heavy atom. The maximum atomic E-state index is 14.5. The monoisotopic (exact) mass is 429 g/mol. The maximum absolute atomic E-state index is 14.5. The Bertz CT molecular complexity index is 821. The van der Waals surface area contributed by atoms with E-state index in [-0.39, 0.29) is 42.8 Å². The van der Waals surface area contributed by atoms with Gasteiger partial charge in [-0.2, -0.15) is 0 Å². The minimum atomic E-state index is -2.71. The van der Waals surface area contributed by atoms with Crippen molar-refractivity contribution in [2.24, 2.45) is 23.5 Å². The summed E-state index contributed by atoms with van der Waals surface area (Å²) in [7, 11) is 0. The molecule has 0 radical (unpaired) electrons. The number of carbonyl (C=O) groups is 2. The summed E-state index contributed by atoms with van der Waals surface area (Å²) in [5.41, 5.74) is 6.09. The average molecular weight is 430 g/mol. The second-order valence-corrected chi connectivity index (χ2v) is 8.75. The second kappa shape index (κ2) is 7.38. The smallest absolute Gasteiger partial charge is 0.315 e. The molecule has 2 aliphatic carbocycles. The highest BCUT2D eigenvalue weighted by Crippen LogP contribution is 2.57. The molecule has 1 aliphatic heterocycles. The van der Waals surface area contributed by atoms with E-state index in [4.69, 9.17) is 17.3 Å². The van der Waals surface area contributed by atoms with Gasteiger partial charge in [0.1, 0.15) is 11.9 Å². The molecule has 3 N–H and O–H groups in total. The zero-order chi connectivity index (χ0) is 20.9. The minimum absolute atomic E-state index is 0.113. The van der Waals surface area contributed by atoms with E-state index in [9.17, 15) is 22.8 Å². The molecular weight excluding hydrogens is 407 g/mol. The van der Waals surface area contributed by atoms with Crippen molar-refractivity contribution in [2.75, 3.05) is 13.1 Å². The van der Waals surface area contributed by atoms with E-state index >= 15 is 0 Å². The molecule has 9 heteroatoms. The fraction of sp³-hybridized carbons (Fsp3) is 0.600. The molecule has 0 aromatic heterocycles. The third kappa shape index (κ3) is 3.45. The normalized spacial score (nSPS) is 32.0. The standard InChI is InChI=1S/C20H23ClF3N3O2/c21-14-9-10(1-4-15(14)22)16(17-18(28)26-5-6-27(17)19(25)29)11-7-12-2-3-13(8-11)20(12,23)24/h1,4,9,11-13,16-17H,2-3,5-8H2,(H2,25,29)(H,26,28)/t11?,12?,13?,16-,17?/m0/s1. The lowest BCUT2D eigenvalue weighted by molar-refractivity contribution is -0.132. The van der Waals surface area contributed by atoms with Crippen molar-refractivity contribution in [3.63, 3.8) is 0 Å². The van der Waals surface area contributed by atoms with Crippen LogP contribution in [-0.2, 0) is 4.79 Å². The first-order chi connectivity index (χ1) is 13.7. The number of nitrogens with two attached hydrogens (primary N) is 1. The topological polar surface area (TPSA) is 75.4 Å². The Morgan fingerprint density at radius 1 is 1.28 bits per heavy atom. The van der Waals surface area contributed by atoms with E-state index in [1.807, 2.05) is 0 Å². The van der Waals surface area contributed by atoms with Gasteiger partial charge in [-0.05, 0) is 49.3 Å². The number of nitrogens with one attached hydrogen (secondary N) is 1. The summed E-state index contributed by atoms with van der Waals surface area (Å²) in [5, 5.41) is 2.63. The summed E-state index contributed by atoms with van der Waals surface area (Å²) >= 11 is 5.99. The number of halogens is 4. The number of benzene rings is 1. The van der Waals surface area contributed by atoms with Gasteiger partial charge in [0.15, 0.2) is 0 Å². The van der Waals surface area contributed by atoms with Crippen LogP contribution >= 0.6 is 11.6 Å². The van der Waals surface area contributed by atoms with Gasteiger partial charge in [0.05, 0.1) is 5.02 Å². The number of nitrogens with zero attached hydrogens (tertiary/aromatic N) is 1. The number of alkyl halides is 2. The third-order valence-corrected chi connectivity index (χ3v) is 7.13. The van der Waals surface area contributed by atoms with Crippen LogP contribution in [0.3, 0.4) is 0 Å². The Labute approximate surface area is 171 Å². The van der Waals surface area contributed by atoms with Gasteiger partial charge >= 0.3 is 6.03 Å². The van der Waals surface area contributed by atoms with Gasteiger partial charge in [0.2, 0.25) is 5.91 Å².